The third-order valence-electron chi connectivity index (χ3n) is 2.71. The lowest BCUT2D eigenvalue weighted by Crippen LogP contribution is -2.06. The Kier molecular flexibility index (Phi) is 3.44. The van der Waals surface area contributed by atoms with Gasteiger partial charge in [0.2, 0.25) is 0 Å². The third-order valence-corrected chi connectivity index (χ3v) is 2.71. The van der Waals surface area contributed by atoms with Gasteiger partial charge in [0.25, 0.3) is 5.69 Å². The van der Waals surface area contributed by atoms with Crippen molar-refractivity contribution in [1.82, 2.24) is 4.98 Å². The molecule has 0 unspecified atom stereocenters. The molecular formula is C13H9F3N2O2. The lowest BCUT2D eigenvalue weighted by Gasteiger charge is -2.08. The number of nitro groups is 1. The highest BCUT2D eigenvalue weighted by Crippen LogP contribution is 2.36. The SMILES string of the molecule is Cc1ccc(-c2ccc(C(F)(F)F)cc2[N+](=O)[O-])nc1. The first-order chi connectivity index (χ1) is 9.29. The molecule has 0 bridgehead atoms. The molecule has 1 aromatic heterocycles. The molecule has 0 aliphatic rings. The van der Waals surface area contributed by atoms with Gasteiger partial charge in [-0.25, -0.2) is 0 Å². The van der Waals surface area contributed by atoms with E-state index >= 15 is 0 Å². The summed E-state index contributed by atoms with van der Waals surface area (Å²) in [5, 5.41) is 11.0. The van der Waals surface area contributed by atoms with Crippen LogP contribution in [-0.2, 0) is 6.18 Å². The fourth-order valence-electron chi connectivity index (χ4n) is 1.70. The Labute approximate surface area is 112 Å². The van der Waals surface area contributed by atoms with Gasteiger partial charge in [-0.2, -0.15) is 13.2 Å². The molecule has 0 radical (unpaired) electrons. The fourth-order valence-corrected chi connectivity index (χ4v) is 1.70. The number of benzene rings is 1. The molecule has 0 spiro atoms. The monoisotopic (exact) mass is 282 g/mol. The van der Waals surface area contributed by atoms with Crippen LogP contribution in [-0.4, -0.2) is 9.91 Å². The van der Waals surface area contributed by atoms with Crippen molar-refractivity contribution in [2.45, 2.75) is 13.1 Å². The van der Waals surface area contributed by atoms with Gasteiger partial charge in [-0.3, -0.25) is 15.1 Å². The number of alkyl halides is 3. The molecule has 2 aromatic rings. The first kappa shape index (κ1) is 14.0. The van der Waals surface area contributed by atoms with E-state index in [-0.39, 0.29) is 11.3 Å². The number of nitrogens with zero attached hydrogens (tertiary/aromatic N) is 2. The average Bonchev–Trinajstić information content (AvgIpc) is 2.38. The molecule has 0 amide bonds. The Hall–Kier alpha value is -2.44. The second kappa shape index (κ2) is 4.92. The molecule has 0 aliphatic carbocycles. The van der Waals surface area contributed by atoms with Crippen LogP contribution in [0.1, 0.15) is 11.1 Å². The number of rotatable bonds is 2. The first-order valence-electron chi connectivity index (χ1n) is 5.57. The predicted octanol–water partition coefficient (Wildman–Crippen LogP) is 3.98. The van der Waals surface area contributed by atoms with Crippen LogP contribution in [0.4, 0.5) is 18.9 Å². The van der Waals surface area contributed by atoms with Gasteiger partial charge in [0.05, 0.1) is 21.7 Å². The summed E-state index contributed by atoms with van der Waals surface area (Å²) < 4.78 is 37.7. The number of nitro benzene ring substituents is 1. The maximum atomic E-state index is 12.6. The van der Waals surface area contributed by atoms with E-state index in [1.807, 2.05) is 0 Å². The molecule has 0 atom stereocenters. The van der Waals surface area contributed by atoms with E-state index in [1.165, 1.54) is 12.3 Å². The molecule has 1 heterocycles. The summed E-state index contributed by atoms with van der Waals surface area (Å²) in [4.78, 5) is 14.1. The number of aryl methyl sites for hydroxylation is 1. The van der Waals surface area contributed by atoms with E-state index < -0.39 is 22.4 Å². The van der Waals surface area contributed by atoms with Gasteiger partial charge < -0.3 is 0 Å². The minimum absolute atomic E-state index is 0.0583. The summed E-state index contributed by atoms with van der Waals surface area (Å²) in [6.07, 6.45) is -3.12. The zero-order valence-corrected chi connectivity index (χ0v) is 10.3. The Morgan fingerprint density at radius 2 is 1.90 bits per heavy atom. The van der Waals surface area contributed by atoms with Crippen molar-refractivity contribution in [3.8, 4) is 11.3 Å². The zero-order valence-electron chi connectivity index (χ0n) is 10.3. The quantitative estimate of drug-likeness (QED) is 0.618. The lowest BCUT2D eigenvalue weighted by molar-refractivity contribution is -0.384. The molecule has 0 saturated heterocycles. The van der Waals surface area contributed by atoms with E-state index in [9.17, 15) is 23.3 Å². The molecule has 0 N–H and O–H groups in total. The Bertz CT molecular complexity index is 652. The van der Waals surface area contributed by atoms with Crippen molar-refractivity contribution in [2.24, 2.45) is 0 Å². The smallest absolute Gasteiger partial charge is 0.258 e. The average molecular weight is 282 g/mol. The third kappa shape index (κ3) is 2.76. The van der Waals surface area contributed by atoms with Crippen LogP contribution in [0.15, 0.2) is 36.5 Å². The maximum absolute atomic E-state index is 12.6. The van der Waals surface area contributed by atoms with Crippen LogP contribution < -0.4 is 0 Å². The highest BCUT2D eigenvalue weighted by Gasteiger charge is 2.33. The van der Waals surface area contributed by atoms with Crippen molar-refractivity contribution in [3.63, 3.8) is 0 Å². The highest BCUT2D eigenvalue weighted by atomic mass is 19.4. The topological polar surface area (TPSA) is 56.0 Å². The van der Waals surface area contributed by atoms with E-state index in [0.29, 0.717) is 6.07 Å². The number of hydrogen-bond acceptors (Lipinski definition) is 3. The normalized spacial score (nSPS) is 11.4. The predicted molar refractivity (Wildman–Crippen MR) is 66.1 cm³/mol. The van der Waals surface area contributed by atoms with Crippen molar-refractivity contribution in [2.75, 3.05) is 0 Å². The summed E-state index contributed by atoms with van der Waals surface area (Å²) >= 11 is 0. The van der Waals surface area contributed by atoms with Crippen LogP contribution in [0.25, 0.3) is 11.3 Å². The molecule has 4 nitrogen and oxygen atoms in total. The molecule has 104 valence electrons. The van der Waals surface area contributed by atoms with Crippen LogP contribution in [0, 0.1) is 17.0 Å². The summed E-state index contributed by atoms with van der Waals surface area (Å²) in [5.41, 5.74) is -0.501. The first-order valence-corrected chi connectivity index (χ1v) is 5.57. The van der Waals surface area contributed by atoms with Crippen LogP contribution in [0.2, 0.25) is 0 Å². The van der Waals surface area contributed by atoms with E-state index in [2.05, 4.69) is 4.98 Å². The Balaban J connectivity index is 2.59. The van der Waals surface area contributed by atoms with Crippen LogP contribution in [0.5, 0.6) is 0 Å². The van der Waals surface area contributed by atoms with Gasteiger partial charge in [0.15, 0.2) is 0 Å². The molecule has 1 aromatic carbocycles. The molecule has 0 aliphatic heterocycles. The molecule has 20 heavy (non-hydrogen) atoms. The highest BCUT2D eigenvalue weighted by molar-refractivity contribution is 5.71. The summed E-state index contributed by atoms with van der Waals surface area (Å²) in [7, 11) is 0. The van der Waals surface area contributed by atoms with Gasteiger partial charge in [-0.05, 0) is 30.7 Å². The Morgan fingerprint density at radius 3 is 2.40 bits per heavy atom. The summed E-state index contributed by atoms with van der Waals surface area (Å²) in [5.74, 6) is 0. The standard InChI is InChI=1S/C13H9F3N2O2/c1-8-2-5-11(17-7-8)10-4-3-9(13(14,15)16)6-12(10)18(19)20/h2-7H,1H3. The molecule has 0 fully saturated rings. The molecular weight excluding hydrogens is 273 g/mol. The van der Waals surface area contributed by atoms with Gasteiger partial charge in [-0.1, -0.05) is 6.07 Å². The van der Waals surface area contributed by atoms with E-state index in [4.69, 9.17) is 0 Å². The second-order valence-corrected chi connectivity index (χ2v) is 4.21. The maximum Gasteiger partial charge on any atom is 0.416 e. The zero-order chi connectivity index (χ0) is 14.9. The van der Waals surface area contributed by atoms with Crippen LogP contribution >= 0.6 is 0 Å². The number of halogens is 3. The molecule has 7 heteroatoms. The van der Waals surface area contributed by atoms with Gasteiger partial charge in [0.1, 0.15) is 0 Å². The van der Waals surface area contributed by atoms with Crippen molar-refractivity contribution in [1.29, 1.82) is 0 Å². The van der Waals surface area contributed by atoms with Crippen molar-refractivity contribution in [3.05, 3.63) is 57.8 Å². The van der Waals surface area contributed by atoms with Gasteiger partial charge in [-0.15, -0.1) is 0 Å². The Morgan fingerprint density at radius 1 is 1.20 bits per heavy atom. The molecule has 2 rings (SSSR count). The van der Waals surface area contributed by atoms with E-state index in [0.717, 1.165) is 17.7 Å². The minimum Gasteiger partial charge on any atom is -0.258 e. The lowest BCUT2D eigenvalue weighted by atomic mass is 10.0. The number of aromatic nitrogens is 1. The second-order valence-electron chi connectivity index (χ2n) is 4.21. The minimum atomic E-state index is -4.62. The summed E-state index contributed by atoms with van der Waals surface area (Å²) in [6, 6.07) is 5.62. The van der Waals surface area contributed by atoms with Crippen molar-refractivity contribution >= 4 is 5.69 Å². The fraction of sp³-hybridized carbons (Fsp3) is 0.154. The van der Waals surface area contributed by atoms with E-state index in [1.54, 1.807) is 13.0 Å². The largest absolute Gasteiger partial charge is 0.416 e. The molecule has 0 saturated carbocycles. The van der Waals surface area contributed by atoms with Crippen molar-refractivity contribution < 1.29 is 18.1 Å². The summed E-state index contributed by atoms with van der Waals surface area (Å²) in [6.45, 7) is 1.79. The number of pyridine rings is 1. The number of hydrogen-bond donors (Lipinski definition) is 0. The van der Waals surface area contributed by atoms with Crippen LogP contribution in [0.3, 0.4) is 0 Å². The van der Waals surface area contributed by atoms with Gasteiger partial charge in [0, 0.05) is 12.3 Å². The van der Waals surface area contributed by atoms with Gasteiger partial charge >= 0.3 is 6.18 Å².